The highest BCUT2D eigenvalue weighted by atomic mass is 35.5. The third-order valence-electron chi connectivity index (χ3n) is 3.93. The molecule has 128 valence electrons. The van der Waals surface area contributed by atoms with Gasteiger partial charge in [0.1, 0.15) is 0 Å². The fourth-order valence-corrected chi connectivity index (χ4v) is 3.73. The highest BCUT2D eigenvalue weighted by molar-refractivity contribution is 7.99. The Morgan fingerprint density at radius 3 is 2.64 bits per heavy atom. The van der Waals surface area contributed by atoms with Crippen LogP contribution in [0.3, 0.4) is 0 Å². The van der Waals surface area contributed by atoms with Crippen LogP contribution in [0.1, 0.15) is 16.7 Å². The van der Waals surface area contributed by atoms with E-state index in [1.54, 1.807) is 12.1 Å². The highest BCUT2D eigenvalue weighted by Gasteiger charge is 2.10. The summed E-state index contributed by atoms with van der Waals surface area (Å²) in [7, 11) is 0. The predicted molar refractivity (Wildman–Crippen MR) is 107 cm³/mol. The number of nitrogens with zero attached hydrogens (tertiary/aromatic N) is 1. The smallest absolute Gasteiger partial charge is 0.234 e. The number of benzene rings is 2. The number of nitrogens with one attached hydrogen (secondary N) is 1. The summed E-state index contributed by atoms with van der Waals surface area (Å²) >= 11 is 7.50. The summed E-state index contributed by atoms with van der Waals surface area (Å²) in [6.45, 7) is 6.24. The summed E-state index contributed by atoms with van der Waals surface area (Å²) in [6.07, 6.45) is 0. The summed E-state index contributed by atoms with van der Waals surface area (Å²) in [4.78, 5) is 16.9. The van der Waals surface area contributed by atoms with Gasteiger partial charge >= 0.3 is 0 Å². The maximum absolute atomic E-state index is 12.2. The van der Waals surface area contributed by atoms with Crippen molar-refractivity contribution in [3.05, 3.63) is 64.2 Å². The summed E-state index contributed by atoms with van der Waals surface area (Å²) < 4.78 is 0. The van der Waals surface area contributed by atoms with Gasteiger partial charge < -0.3 is 5.32 Å². The Labute approximate surface area is 156 Å². The van der Waals surface area contributed by atoms with Crippen molar-refractivity contribution in [2.45, 2.75) is 25.8 Å². The zero-order valence-corrected chi connectivity index (χ0v) is 16.0. The third kappa shape index (κ3) is 4.14. The number of pyridine rings is 1. The third-order valence-corrected chi connectivity index (χ3v) is 5.17. The summed E-state index contributed by atoms with van der Waals surface area (Å²) in [6, 6.07) is 13.5. The molecule has 0 fully saturated rings. The van der Waals surface area contributed by atoms with E-state index in [-0.39, 0.29) is 11.7 Å². The van der Waals surface area contributed by atoms with Crippen LogP contribution in [0.15, 0.2) is 47.5 Å². The second-order valence-corrected chi connectivity index (χ2v) is 7.47. The van der Waals surface area contributed by atoms with Gasteiger partial charge in [-0.25, -0.2) is 4.98 Å². The Morgan fingerprint density at radius 1 is 1.12 bits per heavy atom. The van der Waals surface area contributed by atoms with Gasteiger partial charge in [-0.05, 0) is 56.2 Å². The number of anilines is 1. The molecule has 1 N–H and O–H groups in total. The second-order valence-electron chi connectivity index (χ2n) is 6.07. The first kappa shape index (κ1) is 17.8. The molecule has 1 aromatic heterocycles. The predicted octanol–water partition coefficient (Wildman–Crippen LogP) is 5.54. The average Bonchev–Trinajstić information content (AvgIpc) is 2.56. The van der Waals surface area contributed by atoms with Gasteiger partial charge in [0.25, 0.3) is 0 Å². The SMILES string of the molecule is Cc1cc(C)c2nc(SCC(=O)Nc3ccccc3Cl)cc(C)c2c1. The van der Waals surface area contributed by atoms with Crippen LogP contribution in [0.5, 0.6) is 0 Å². The lowest BCUT2D eigenvalue weighted by molar-refractivity contribution is -0.113. The number of fused-ring (bicyclic) bond motifs is 1. The maximum atomic E-state index is 12.2. The van der Waals surface area contributed by atoms with Crippen LogP contribution >= 0.6 is 23.4 Å². The van der Waals surface area contributed by atoms with E-state index in [2.05, 4.69) is 38.2 Å². The van der Waals surface area contributed by atoms with E-state index in [4.69, 9.17) is 16.6 Å². The molecular weight excluding hydrogens is 352 g/mol. The number of aromatic nitrogens is 1. The molecule has 25 heavy (non-hydrogen) atoms. The molecule has 0 aliphatic carbocycles. The molecular formula is C20H19ClN2OS. The van der Waals surface area contributed by atoms with Gasteiger partial charge in [-0.1, -0.05) is 47.1 Å². The van der Waals surface area contributed by atoms with Crippen molar-refractivity contribution in [3.63, 3.8) is 0 Å². The Balaban J connectivity index is 1.75. The van der Waals surface area contributed by atoms with Crippen molar-refractivity contribution in [2.24, 2.45) is 0 Å². The van der Waals surface area contributed by atoms with Gasteiger partial charge in [-0.15, -0.1) is 0 Å². The Hall–Kier alpha value is -2.04. The number of halogens is 1. The van der Waals surface area contributed by atoms with E-state index in [1.165, 1.54) is 28.3 Å². The molecule has 1 heterocycles. The Bertz CT molecular complexity index is 956. The van der Waals surface area contributed by atoms with Gasteiger partial charge in [0, 0.05) is 5.39 Å². The first-order valence-corrected chi connectivity index (χ1v) is 9.36. The summed E-state index contributed by atoms with van der Waals surface area (Å²) in [5.74, 6) is 0.187. The number of carbonyl (C=O) groups is 1. The number of aryl methyl sites for hydroxylation is 3. The van der Waals surface area contributed by atoms with Crippen molar-refractivity contribution in [3.8, 4) is 0 Å². The number of hydrogen-bond donors (Lipinski definition) is 1. The molecule has 0 radical (unpaired) electrons. The van der Waals surface area contributed by atoms with Gasteiger partial charge in [-0.3, -0.25) is 4.79 Å². The zero-order valence-electron chi connectivity index (χ0n) is 14.4. The molecule has 1 amide bonds. The molecule has 5 heteroatoms. The van der Waals surface area contributed by atoms with Crippen LogP contribution in [-0.2, 0) is 4.79 Å². The van der Waals surface area contributed by atoms with Gasteiger partial charge in [0.2, 0.25) is 5.91 Å². The van der Waals surface area contributed by atoms with Crippen molar-refractivity contribution in [1.29, 1.82) is 0 Å². The van der Waals surface area contributed by atoms with Gasteiger partial charge in [0.05, 0.1) is 27.0 Å². The van der Waals surface area contributed by atoms with Crippen molar-refractivity contribution in [1.82, 2.24) is 4.98 Å². The number of thioether (sulfide) groups is 1. The number of carbonyl (C=O) groups excluding carboxylic acids is 1. The molecule has 0 unspecified atom stereocenters. The number of amides is 1. The van der Waals surface area contributed by atoms with E-state index in [0.29, 0.717) is 10.7 Å². The first-order chi connectivity index (χ1) is 11.9. The van der Waals surface area contributed by atoms with Crippen molar-refractivity contribution in [2.75, 3.05) is 11.1 Å². The van der Waals surface area contributed by atoms with E-state index in [1.807, 2.05) is 18.2 Å². The van der Waals surface area contributed by atoms with Crippen molar-refractivity contribution >= 4 is 45.9 Å². The average molecular weight is 371 g/mol. The lowest BCUT2D eigenvalue weighted by Crippen LogP contribution is -2.14. The number of rotatable bonds is 4. The standard InChI is InChI=1S/C20H19ClN2OS/c1-12-8-14(3)20-15(9-12)13(2)10-19(23-20)25-11-18(24)22-17-7-5-4-6-16(17)21/h4-10H,11H2,1-3H3,(H,22,24). The van der Waals surface area contributed by atoms with Crippen LogP contribution in [0.25, 0.3) is 10.9 Å². The monoisotopic (exact) mass is 370 g/mol. The van der Waals surface area contributed by atoms with Gasteiger partial charge in [-0.2, -0.15) is 0 Å². The fourth-order valence-electron chi connectivity index (χ4n) is 2.78. The Kier molecular flexibility index (Phi) is 5.30. The fraction of sp³-hybridized carbons (Fsp3) is 0.200. The van der Waals surface area contributed by atoms with Gasteiger partial charge in [0.15, 0.2) is 0 Å². The minimum Gasteiger partial charge on any atom is -0.324 e. The second kappa shape index (κ2) is 7.46. The molecule has 0 saturated carbocycles. The number of para-hydroxylation sites is 1. The minimum absolute atomic E-state index is 0.0988. The molecule has 3 nitrogen and oxygen atoms in total. The molecule has 0 saturated heterocycles. The van der Waals surface area contributed by atoms with Crippen LogP contribution in [-0.4, -0.2) is 16.6 Å². The molecule has 0 aliphatic rings. The van der Waals surface area contributed by atoms with Crippen molar-refractivity contribution < 1.29 is 4.79 Å². The molecule has 0 aliphatic heterocycles. The maximum Gasteiger partial charge on any atom is 0.234 e. The van der Waals surface area contributed by atoms with Crippen LogP contribution in [0.2, 0.25) is 5.02 Å². The molecule has 0 bridgehead atoms. The largest absolute Gasteiger partial charge is 0.324 e. The molecule has 0 atom stereocenters. The minimum atomic E-state index is -0.0988. The quantitative estimate of drug-likeness (QED) is 0.612. The van der Waals surface area contributed by atoms with E-state index in [0.717, 1.165) is 16.1 Å². The van der Waals surface area contributed by atoms with E-state index >= 15 is 0 Å². The van der Waals surface area contributed by atoms with Crippen LogP contribution < -0.4 is 5.32 Å². The van der Waals surface area contributed by atoms with Crippen LogP contribution in [0.4, 0.5) is 5.69 Å². The molecule has 2 aromatic carbocycles. The zero-order chi connectivity index (χ0) is 18.0. The number of hydrogen-bond acceptors (Lipinski definition) is 3. The Morgan fingerprint density at radius 2 is 1.88 bits per heavy atom. The highest BCUT2D eigenvalue weighted by Crippen LogP contribution is 2.27. The topological polar surface area (TPSA) is 42.0 Å². The molecule has 0 spiro atoms. The molecule has 3 aromatic rings. The summed E-state index contributed by atoms with van der Waals surface area (Å²) in [5, 5.41) is 5.39. The van der Waals surface area contributed by atoms with E-state index in [9.17, 15) is 4.79 Å². The van der Waals surface area contributed by atoms with Crippen LogP contribution in [0, 0.1) is 20.8 Å². The summed E-state index contributed by atoms with van der Waals surface area (Å²) in [5.41, 5.74) is 5.18. The first-order valence-electron chi connectivity index (χ1n) is 8.00. The lowest BCUT2D eigenvalue weighted by Gasteiger charge is -2.10. The molecule has 3 rings (SSSR count). The lowest BCUT2D eigenvalue weighted by atomic mass is 10.0. The van der Waals surface area contributed by atoms with E-state index < -0.39 is 0 Å². The normalized spacial score (nSPS) is 10.9.